The highest BCUT2D eigenvalue weighted by atomic mass is 32.2. The first-order valence-corrected chi connectivity index (χ1v) is 8.90. The fourth-order valence-corrected chi connectivity index (χ4v) is 2.96. The quantitative estimate of drug-likeness (QED) is 0.726. The molecule has 0 aliphatic heterocycles. The van der Waals surface area contributed by atoms with Crippen LogP contribution in [0.25, 0.3) is 0 Å². The van der Waals surface area contributed by atoms with Gasteiger partial charge in [0.25, 0.3) is 5.91 Å². The molecule has 2 aromatic rings. The molecule has 24 heavy (non-hydrogen) atoms. The Labute approximate surface area is 139 Å². The lowest BCUT2D eigenvalue weighted by Gasteiger charge is -2.12. The van der Waals surface area contributed by atoms with E-state index in [4.69, 9.17) is 5.73 Å². The van der Waals surface area contributed by atoms with Crippen molar-refractivity contribution < 1.29 is 18.0 Å². The summed E-state index contributed by atoms with van der Waals surface area (Å²) in [5, 5.41) is 5.35. The Morgan fingerprint density at radius 3 is 2.21 bits per heavy atom. The molecule has 0 bridgehead atoms. The molecule has 0 saturated heterocycles. The van der Waals surface area contributed by atoms with E-state index in [9.17, 15) is 18.0 Å². The van der Waals surface area contributed by atoms with Crippen LogP contribution >= 0.6 is 0 Å². The Morgan fingerprint density at radius 2 is 1.58 bits per heavy atom. The van der Waals surface area contributed by atoms with Crippen molar-refractivity contribution in [3.05, 3.63) is 54.1 Å². The molecule has 0 fully saturated rings. The summed E-state index contributed by atoms with van der Waals surface area (Å²) < 4.78 is 23.4. The Morgan fingerprint density at radius 1 is 1.00 bits per heavy atom. The van der Waals surface area contributed by atoms with Crippen molar-refractivity contribution in [3.8, 4) is 0 Å². The number of hydrogen-bond donors (Lipinski definition) is 3. The van der Waals surface area contributed by atoms with Gasteiger partial charge in [-0.2, -0.15) is 0 Å². The maximum absolute atomic E-state index is 12.1. The van der Waals surface area contributed by atoms with Crippen molar-refractivity contribution in [1.82, 2.24) is 0 Å². The van der Waals surface area contributed by atoms with Crippen LogP contribution in [0.2, 0.25) is 0 Å². The number of primary amides is 1. The number of amides is 2. The molecular formula is C16H17N3O4S. The molecule has 4 N–H and O–H groups in total. The van der Waals surface area contributed by atoms with Crippen molar-refractivity contribution in [2.45, 2.75) is 4.90 Å². The van der Waals surface area contributed by atoms with Crippen LogP contribution < -0.4 is 16.4 Å². The van der Waals surface area contributed by atoms with Crippen LogP contribution in [0.4, 0.5) is 11.4 Å². The number of carbonyl (C=O) groups excluding carboxylic acids is 2. The third kappa shape index (κ3) is 4.32. The van der Waals surface area contributed by atoms with Gasteiger partial charge in [-0.25, -0.2) is 8.42 Å². The lowest BCUT2D eigenvalue weighted by molar-refractivity contribution is -0.114. The molecule has 0 heterocycles. The van der Waals surface area contributed by atoms with Crippen molar-refractivity contribution >= 4 is 33.0 Å². The summed E-state index contributed by atoms with van der Waals surface area (Å²) in [6.45, 7) is -0.150. The Hall–Kier alpha value is -2.87. The van der Waals surface area contributed by atoms with Gasteiger partial charge in [0.2, 0.25) is 5.91 Å². The average Bonchev–Trinajstić information content (AvgIpc) is 2.52. The molecule has 0 aliphatic carbocycles. The standard InChI is InChI=1S/C16H17N3O4S/c1-24(22,23)14-9-5-4-8-13(14)19-15(20)10-18-12-7-3-2-6-11(12)16(17)21/h2-9,18H,10H2,1H3,(H2,17,21)(H,19,20). The summed E-state index contributed by atoms with van der Waals surface area (Å²) in [4.78, 5) is 23.4. The fourth-order valence-electron chi connectivity index (χ4n) is 2.12. The number of sulfone groups is 1. The molecule has 0 radical (unpaired) electrons. The predicted octanol–water partition coefficient (Wildman–Crippen LogP) is 1.24. The van der Waals surface area contributed by atoms with E-state index in [1.807, 2.05) is 0 Å². The van der Waals surface area contributed by atoms with E-state index in [1.54, 1.807) is 36.4 Å². The minimum atomic E-state index is -3.46. The predicted molar refractivity (Wildman–Crippen MR) is 91.6 cm³/mol. The Kier molecular flexibility index (Phi) is 5.20. The molecule has 0 aromatic heterocycles. The topological polar surface area (TPSA) is 118 Å². The van der Waals surface area contributed by atoms with E-state index < -0.39 is 21.7 Å². The lowest BCUT2D eigenvalue weighted by Crippen LogP contribution is -2.24. The van der Waals surface area contributed by atoms with Crippen LogP contribution in [0.15, 0.2) is 53.4 Å². The van der Waals surface area contributed by atoms with E-state index in [1.165, 1.54) is 12.1 Å². The van der Waals surface area contributed by atoms with Crippen LogP contribution in [-0.4, -0.2) is 33.0 Å². The van der Waals surface area contributed by atoms with Gasteiger partial charge >= 0.3 is 0 Å². The molecule has 126 valence electrons. The Balaban J connectivity index is 2.10. The maximum atomic E-state index is 12.1. The number of anilines is 2. The van der Waals surface area contributed by atoms with E-state index in [2.05, 4.69) is 10.6 Å². The van der Waals surface area contributed by atoms with Gasteiger partial charge in [0, 0.05) is 11.9 Å². The zero-order valence-electron chi connectivity index (χ0n) is 12.9. The largest absolute Gasteiger partial charge is 0.376 e. The second-order valence-electron chi connectivity index (χ2n) is 5.08. The van der Waals surface area contributed by atoms with Gasteiger partial charge in [-0.05, 0) is 24.3 Å². The maximum Gasteiger partial charge on any atom is 0.250 e. The first-order valence-electron chi connectivity index (χ1n) is 7.00. The van der Waals surface area contributed by atoms with Gasteiger partial charge in [-0.1, -0.05) is 24.3 Å². The second-order valence-corrected chi connectivity index (χ2v) is 7.06. The normalized spacial score (nSPS) is 10.9. The second kappa shape index (κ2) is 7.14. The highest BCUT2D eigenvalue weighted by Gasteiger charge is 2.15. The van der Waals surface area contributed by atoms with Gasteiger partial charge in [0.05, 0.1) is 22.7 Å². The van der Waals surface area contributed by atoms with E-state index in [0.29, 0.717) is 5.69 Å². The molecule has 0 aliphatic rings. The van der Waals surface area contributed by atoms with Crippen molar-refractivity contribution in [3.63, 3.8) is 0 Å². The summed E-state index contributed by atoms with van der Waals surface area (Å²) in [7, 11) is -3.46. The van der Waals surface area contributed by atoms with E-state index in [0.717, 1.165) is 6.26 Å². The zero-order valence-corrected chi connectivity index (χ0v) is 13.8. The van der Waals surface area contributed by atoms with Crippen molar-refractivity contribution in [2.75, 3.05) is 23.4 Å². The molecule has 2 aromatic carbocycles. The van der Waals surface area contributed by atoms with Crippen LogP contribution in [0.5, 0.6) is 0 Å². The summed E-state index contributed by atoms with van der Waals surface area (Å²) >= 11 is 0. The third-order valence-corrected chi connectivity index (χ3v) is 4.35. The summed E-state index contributed by atoms with van der Waals surface area (Å²) in [5.74, 6) is -1.06. The molecule has 0 atom stereocenters. The van der Waals surface area contributed by atoms with E-state index >= 15 is 0 Å². The molecule has 0 spiro atoms. The van der Waals surface area contributed by atoms with Gasteiger partial charge in [0.1, 0.15) is 0 Å². The number of nitrogens with two attached hydrogens (primary N) is 1. The van der Waals surface area contributed by atoms with Gasteiger partial charge < -0.3 is 16.4 Å². The van der Waals surface area contributed by atoms with Crippen molar-refractivity contribution in [1.29, 1.82) is 0 Å². The average molecular weight is 347 g/mol. The first kappa shape index (κ1) is 17.5. The number of hydrogen-bond acceptors (Lipinski definition) is 5. The lowest BCUT2D eigenvalue weighted by atomic mass is 10.1. The van der Waals surface area contributed by atoms with Crippen molar-refractivity contribution in [2.24, 2.45) is 5.73 Å². The minimum Gasteiger partial charge on any atom is -0.376 e. The van der Waals surface area contributed by atoms with Crippen LogP contribution in [0.3, 0.4) is 0 Å². The van der Waals surface area contributed by atoms with Crippen LogP contribution in [-0.2, 0) is 14.6 Å². The van der Waals surface area contributed by atoms with E-state index in [-0.39, 0.29) is 22.7 Å². The number of para-hydroxylation sites is 2. The van der Waals surface area contributed by atoms with Gasteiger partial charge in [0.15, 0.2) is 9.84 Å². The summed E-state index contributed by atoms with van der Waals surface area (Å²) in [6, 6.07) is 12.7. The Bertz CT molecular complexity index is 878. The molecule has 8 heteroatoms. The van der Waals surface area contributed by atoms with Gasteiger partial charge in [-0.15, -0.1) is 0 Å². The molecule has 7 nitrogen and oxygen atoms in total. The minimum absolute atomic E-state index is 0.0379. The molecule has 0 unspecified atom stereocenters. The zero-order chi connectivity index (χ0) is 17.7. The summed E-state index contributed by atoms with van der Waals surface area (Å²) in [6.07, 6.45) is 1.07. The molecule has 0 saturated carbocycles. The highest BCUT2D eigenvalue weighted by Crippen LogP contribution is 2.20. The number of carbonyl (C=O) groups is 2. The van der Waals surface area contributed by atoms with Crippen LogP contribution in [0, 0.1) is 0 Å². The monoisotopic (exact) mass is 347 g/mol. The molecule has 2 amide bonds. The number of nitrogens with one attached hydrogen (secondary N) is 2. The molecular weight excluding hydrogens is 330 g/mol. The number of rotatable bonds is 6. The number of benzene rings is 2. The first-order chi connectivity index (χ1) is 11.3. The molecule has 2 rings (SSSR count). The third-order valence-electron chi connectivity index (χ3n) is 3.19. The summed E-state index contributed by atoms with van der Waals surface area (Å²) in [5.41, 5.74) is 6.16. The highest BCUT2D eigenvalue weighted by molar-refractivity contribution is 7.90. The SMILES string of the molecule is CS(=O)(=O)c1ccccc1NC(=O)CNc1ccccc1C(N)=O. The van der Waals surface area contributed by atoms with Crippen LogP contribution in [0.1, 0.15) is 10.4 Å². The van der Waals surface area contributed by atoms with Gasteiger partial charge in [-0.3, -0.25) is 9.59 Å². The smallest absolute Gasteiger partial charge is 0.250 e. The fraction of sp³-hybridized carbons (Fsp3) is 0.125.